The number of esters is 1. The molecule has 0 aromatic rings. The minimum absolute atomic E-state index is 0.206. The van der Waals surface area contributed by atoms with Crippen LogP contribution in [0.4, 0.5) is 0 Å². The van der Waals surface area contributed by atoms with Gasteiger partial charge in [-0.25, -0.2) is 4.79 Å². The van der Waals surface area contributed by atoms with Crippen LogP contribution >= 0.6 is 0 Å². The van der Waals surface area contributed by atoms with Crippen molar-refractivity contribution in [1.82, 2.24) is 0 Å². The van der Waals surface area contributed by atoms with Crippen molar-refractivity contribution in [2.24, 2.45) is 5.92 Å². The monoisotopic (exact) mass is 268 g/mol. The lowest BCUT2D eigenvalue weighted by Gasteiger charge is -2.15. The first-order valence-corrected chi connectivity index (χ1v) is 7.08. The number of unbranched alkanes of at least 4 members (excludes halogenated alkanes) is 1. The molecule has 0 amide bonds. The van der Waals surface area contributed by atoms with E-state index in [0.717, 1.165) is 18.4 Å². The molecule has 1 atom stereocenters. The van der Waals surface area contributed by atoms with Gasteiger partial charge >= 0.3 is 5.97 Å². The molecular weight excluding hydrogens is 240 g/mol. The number of ether oxygens (including phenoxy) is 2. The van der Waals surface area contributed by atoms with Gasteiger partial charge in [-0.15, -0.1) is 0 Å². The zero-order chi connectivity index (χ0) is 14.7. The number of rotatable bonds is 11. The van der Waals surface area contributed by atoms with Crippen LogP contribution in [0.2, 0.25) is 0 Å². The molecule has 1 unspecified atom stereocenters. The summed E-state index contributed by atoms with van der Waals surface area (Å²) in [4.78, 5) is 11.7. The molecule has 0 aliphatic rings. The first-order chi connectivity index (χ1) is 9.01. The van der Waals surface area contributed by atoms with Crippen LogP contribution in [0.15, 0.2) is 24.3 Å². The van der Waals surface area contributed by atoms with Gasteiger partial charge in [0.25, 0.3) is 0 Å². The molecule has 0 aliphatic carbocycles. The summed E-state index contributed by atoms with van der Waals surface area (Å²) < 4.78 is 10.5. The van der Waals surface area contributed by atoms with Gasteiger partial charge in [0.05, 0.1) is 25.4 Å². The number of carbonyl (C=O) groups excluding carboxylic acids is 1. The first-order valence-electron chi connectivity index (χ1n) is 7.08. The smallest absolute Gasteiger partial charge is 0.335 e. The molecule has 0 saturated heterocycles. The summed E-state index contributed by atoms with van der Waals surface area (Å²) in [5, 5.41) is 0. The average Bonchev–Trinajstić information content (AvgIpc) is 2.38. The van der Waals surface area contributed by atoms with Crippen molar-refractivity contribution in [2.45, 2.75) is 46.5 Å². The topological polar surface area (TPSA) is 35.5 Å². The molecular formula is C16H28O3. The van der Waals surface area contributed by atoms with Gasteiger partial charge in [-0.2, -0.15) is 0 Å². The Bertz CT molecular complexity index is 294. The van der Waals surface area contributed by atoms with E-state index in [4.69, 9.17) is 9.47 Å². The molecule has 0 rings (SSSR count). The zero-order valence-electron chi connectivity index (χ0n) is 12.7. The standard InChI is InChI=1S/C16H28O3/c1-6-8-9-15(7-2)12-19-16(17)14(5)11-18-10-13(3)4/h15H,3,5-12H2,1-2,4H3. The molecule has 0 aliphatic heterocycles. The third kappa shape index (κ3) is 9.48. The molecule has 110 valence electrons. The first kappa shape index (κ1) is 17.9. The highest BCUT2D eigenvalue weighted by Gasteiger charge is 2.12. The maximum Gasteiger partial charge on any atom is 0.335 e. The summed E-state index contributed by atoms with van der Waals surface area (Å²) in [5.41, 5.74) is 1.29. The van der Waals surface area contributed by atoms with Crippen molar-refractivity contribution in [1.29, 1.82) is 0 Å². The molecule has 0 aromatic heterocycles. The normalized spacial score (nSPS) is 11.9. The Morgan fingerprint density at radius 2 is 1.89 bits per heavy atom. The van der Waals surface area contributed by atoms with Gasteiger partial charge in [-0.05, 0) is 19.3 Å². The quantitative estimate of drug-likeness (QED) is 0.324. The molecule has 0 aromatic carbocycles. The summed E-state index contributed by atoms with van der Waals surface area (Å²) in [5.74, 6) is 0.102. The molecule has 3 heteroatoms. The lowest BCUT2D eigenvalue weighted by atomic mass is 10.0. The Morgan fingerprint density at radius 3 is 2.42 bits per heavy atom. The largest absolute Gasteiger partial charge is 0.462 e. The summed E-state index contributed by atoms with van der Waals surface area (Å²) in [6.45, 7) is 14.7. The SMILES string of the molecule is C=C(C)COCC(=C)C(=O)OCC(CC)CCCC. The Morgan fingerprint density at radius 1 is 1.21 bits per heavy atom. The number of carbonyl (C=O) groups is 1. The molecule has 0 radical (unpaired) electrons. The Kier molecular flexibility index (Phi) is 10.2. The summed E-state index contributed by atoms with van der Waals surface area (Å²) in [6.07, 6.45) is 4.50. The highest BCUT2D eigenvalue weighted by molar-refractivity contribution is 5.87. The van der Waals surface area contributed by atoms with Crippen molar-refractivity contribution < 1.29 is 14.3 Å². The fraction of sp³-hybridized carbons (Fsp3) is 0.688. The Labute approximate surface area is 117 Å². The van der Waals surface area contributed by atoms with Gasteiger partial charge in [-0.1, -0.05) is 51.8 Å². The van der Waals surface area contributed by atoms with Gasteiger partial charge in [0, 0.05) is 0 Å². The van der Waals surface area contributed by atoms with Crippen LogP contribution in [0, 0.1) is 5.92 Å². The number of hydrogen-bond donors (Lipinski definition) is 0. The van der Waals surface area contributed by atoms with Crippen molar-refractivity contribution in [3.8, 4) is 0 Å². The van der Waals surface area contributed by atoms with Gasteiger partial charge in [0.2, 0.25) is 0 Å². The summed E-state index contributed by atoms with van der Waals surface area (Å²) in [6, 6.07) is 0. The van der Waals surface area contributed by atoms with Crippen LogP contribution in [0.3, 0.4) is 0 Å². The lowest BCUT2D eigenvalue weighted by molar-refractivity contribution is -0.141. The number of hydrogen-bond acceptors (Lipinski definition) is 3. The Balaban J connectivity index is 3.87. The van der Waals surface area contributed by atoms with Crippen molar-refractivity contribution in [3.05, 3.63) is 24.3 Å². The van der Waals surface area contributed by atoms with E-state index in [0.29, 0.717) is 24.7 Å². The highest BCUT2D eigenvalue weighted by atomic mass is 16.5. The maximum absolute atomic E-state index is 11.7. The second-order valence-electron chi connectivity index (χ2n) is 5.07. The van der Waals surface area contributed by atoms with E-state index >= 15 is 0 Å². The van der Waals surface area contributed by atoms with Crippen LogP contribution in [0.1, 0.15) is 46.5 Å². The maximum atomic E-state index is 11.7. The molecule has 0 saturated carbocycles. The summed E-state index contributed by atoms with van der Waals surface area (Å²) >= 11 is 0. The van der Waals surface area contributed by atoms with E-state index in [2.05, 4.69) is 27.0 Å². The predicted octanol–water partition coefficient (Wildman–Crippen LogP) is 3.89. The van der Waals surface area contributed by atoms with E-state index in [1.807, 2.05) is 6.92 Å². The van der Waals surface area contributed by atoms with Crippen molar-refractivity contribution in [3.63, 3.8) is 0 Å². The molecule has 3 nitrogen and oxygen atoms in total. The van der Waals surface area contributed by atoms with Crippen LogP contribution in [0.25, 0.3) is 0 Å². The van der Waals surface area contributed by atoms with Gasteiger partial charge in [0.1, 0.15) is 0 Å². The molecule has 0 heterocycles. The third-order valence-corrected chi connectivity index (χ3v) is 2.91. The van der Waals surface area contributed by atoms with E-state index in [1.54, 1.807) is 0 Å². The third-order valence-electron chi connectivity index (χ3n) is 2.91. The van der Waals surface area contributed by atoms with Crippen molar-refractivity contribution >= 4 is 5.97 Å². The molecule has 0 N–H and O–H groups in total. The highest BCUT2D eigenvalue weighted by Crippen LogP contribution is 2.13. The van der Waals surface area contributed by atoms with Crippen LogP contribution in [0.5, 0.6) is 0 Å². The van der Waals surface area contributed by atoms with Gasteiger partial charge in [0.15, 0.2) is 0 Å². The van der Waals surface area contributed by atoms with E-state index in [1.165, 1.54) is 12.8 Å². The van der Waals surface area contributed by atoms with Gasteiger partial charge < -0.3 is 9.47 Å². The second-order valence-corrected chi connectivity index (χ2v) is 5.07. The molecule has 0 fully saturated rings. The lowest BCUT2D eigenvalue weighted by Crippen LogP contribution is -2.17. The van der Waals surface area contributed by atoms with Crippen LogP contribution < -0.4 is 0 Å². The zero-order valence-corrected chi connectivity index (χ0v) is 12.7. The molecule has 19 heavy (non-hydrogen) atoms. The Hall–Kier alpha value is -1.09. The van der Waals surface area contributed by atoms with E-state index in [9.17, 15) is 4.79 Å². The fourth-order valence-electron chi connectivity index (χ4n) is 1.60. The van der Waals surface area contributed by atoms with Crippen molar-refractivity contribution in [2.75, 3.05) is 19.8 Å². The second kappa shape index (κ2) is 10.8. The summed E-state index contributed by atoms with van der Waals surface area (Å²) in [7, 11) is 0. The minimum atomic E-state index is -0.350. The fourth-order valence-corrected chi connectivity index (χ4v) is 1.60. The van der Waals surface area contributed by atoms with E-state index < -0.39 is 0 Å². The minimum Gasteiger partial charge on any atom is -0.462 e. The van der Waals surface area contributed by atoms with E-state index in [-0.39, 0.29) is 12.6 Å². The molecule has 0 bridgehead atoms. The van der Waals surface area contributed by atoms with Crippen LogP contribution in [-0.2, 0) is 14.3 Å². The molecule has 0 spiro atoms. The van der Waals surface area contributed by atoms with Gasteiger partial charge in [-0.3, -0.25) is 0 Å². The van der Waals surface area contributed by atoms with Crippen LogP contribution in [-0.4, -0.2) is 25.8 Å². The average molecular weight is 268 g/mol. The predicted molar refractivity (Wildman–Crippen MR) is 79.0 cm³/mol.